The second kappa shape index (κ2) is 10.1. The molecule has 40 heavy (non-hydrogen) atoms. The molecule has 2 aliphatic heterocycles. The molecule has 1 aromatic carbocycles. The molecule has 0 aromatic heterocycles. The zero-order chi connectivity index (χ0) is 28.7. The summed E-state index contributed by atoms with van der Waals surface area (Å²) in [7, 11) is 1.42. The number of likely N-dealkylation sites (tertiary alicyclic amines) is 2. The summed E-state index contributed by atoms with van der Waals surface area (Å²) in [6, 6.07) is 3.19. The average Bonchev–Trinajstić information content (AvgIpc) is 3.28. The van der Waals surface area contributed by atoms with Crippen molar-refractivity contribution in [2.45, 2.75) is 66.7 Å². The summed E-state index contributed by atoms with van der Waals surface area (Å²) in [5, 5.41) is 10.5. The minimum atomic E-state index is -1.89. The number of rotatable bonds is 4. The van der Waals surface area contributed by atoms with Crippen molar-refractivity contribution in [2.24, 2.45) is 17.8 Å². The molecule has 4 amide bonds. The first-order valence-corrected chi connectivity index (χ1v) is 16.4. The molecular weight excluding hydrogens is 738 g/mol. The smallest absolute Gasteiger partial charge is 0.254 e. The van der Waals surface area contributed by atoms with Gasteiger partial charge in [0.25, 0.3) is 11.8 Å². The van der Waals surface area contributed by atoms with E-state index in [-0.39, 0.29) is 41.2 Å². The van der Waals surface area contributed by atoms with Crippen LogP contribution in [0.15, 0.2) is 23.8 Å². The van der Waals surface area contributed by atoms with Gasteiger partial charge in [-0.05, 0) is 71.9 Å². The van der Waals surface area contributed by atoms with E-state index in [1.54, 1.807) is 12.1 Å². The lowest BCUT2D eigenvalue weighted by Crippen LogP contribution is -2.60. The molecule has 5 aliphatic rings. The van der Waals surface area contributed by atoms with E-state index in [4.69, 9.17) is 27.9 Å². The molecule has 2 saturated heterocycles. The summed E-state index contributed by atoms with van der Waals surface area (Å²) < 4.78 is 5.88. The van der Waals surface area contributed by atoms with E-state index >= 15 is 0 Å². The first-order valence-electron chi connectivity index (χ1n) is 13.4. The van der Waals surface area contributed by atoms with E-state index in [0.717, 1.165) is 42.6 Å². The van der Waals surface area contributed by atoms with E-state index in [0.29, 0.717) is 15.6 Å². The molecule has 214 valence electrons. The summed E-state index contributed by atoms with van der Waals surface area (Å²) in [6.07, 6.45) is 6.86. The average molecular weight is 766 g/mol. The van der Waals surface area contributed by atoms with Crippen molar-refractivity contribution in [3.05, 3.63) is 32.9 Å². The topological polar surface area (TPSA) is 104 Å². The predicted octanol–water partition coefficient (Wildman–Crippen LogP) is 5.05. The Morgan fingerprint density at radius 2 is 1.77 bits per heavy atom. The number of amides is 4. The minimum absolute atomic E-state index is 0.0422. The van der Waals surface area contributed by atoms with E-state index in [9.17, 15) is 24.3 Å². The number of fused-ring (bicyclic) bond motifs is 4. The van der Waals surface area contributed by atoms with Gasteiger partial charge < -0.3 is 9.84 Å². The lowest BCUT2D eigenvalue weighted by Gasteiger charge is -2.50. The first-order chi connectivity index (χ1) is 19.0. The molecule has 12 heteroatoms. The molecule has 3 aliphatic carbocycles. The summed E-state index contributed by atoms with van der Waals surface area (Å²) >= 11 is 19.8. The zero-order valence-electron chi connectivity index (χ0n) is 21.7. The van der Waals surface area contributed by atoms with Gasteiger partial charge >= 0.3 is 0 Å². The second-order valence-corrected chi connectivity index (χ2v) is 14.3. The van der Waals surface area contributed by atoms with Gasteiger partial charge in [0, 0.05) is 12.0 Å². The Balaban J connectivity index is 1.52. The van der Waals surface area contributed by atoms with Gasteiger partial charge in [0.05, 0.1) is 28.0 Å². The lowest BCUT2D eigenvalue weighted by atomic mass is 9.56. The molecule has 8 nitrogen and oxygen atoms in total. The maximum Gasteiger partial charge on any atom is 0.254 e. The number of hydrogen-bond donors (Lipinski definition) is 1. The van der Waals surface area contributed by atoms with Crippen LogP contribution < -0.4 is 4.74 Å². The van der Waals surface area contributed by atoms with Crippen molar-refractivity contribution in [3.8, 4) is 11.5 Å². The van der Waals surface area contributed by atoms with Crippen LogP contribution in [0.2, 0.25) is 0 Å². The van der Waals surface area contributed by atoms with E-state index in [1.807, 2.05) is 28.7 Å². The number of halogens is 4. The Labute approximate surface area is 264 Å². The highest BCUT2D eigenvalue weighted by Gasteiger charge is 2.76. The number of carbonyl (C=O) groups is 4. The van der Waals surface area contributed by atoms with Crippen molar-refractivity contribution in [1.29, 1.82) is 0 Å². The van der Waals surface area contributed by atoms with Gasteiger partial charge in [0.15, 0.2) is 21.2 Å². The summed E-state index contributed by atoms with van der Waals surface area (Å²) in [5.41, 5.74) is 1.17. The fraction of sp³-hybridized carbons (Fsp3) is 0.571. The summed E-state index contributed by atoms with van der Waals surface area (Å²) in [4.78, 5) is 54.1. The number of phenolic OH excluding ortho intramolecular Hbond substituents is 1. The normalized spacial score (nSPS) is 36.0. The van der Waals surface area contributed by atoms with Crippen LogP contribution in [0, 0.1) is 21.3 Å². The third-order valence-corrected chi connectivity index (χ3v) is 12.3. The number of imide groups is 2. The van der Waals surface area contributed by atoms with Gasteiger partial charge in [-0.2, -0.15) is 0 Å². The zero-order valence-corrected chi connectivity index (χ0v) is 26.9. The number of alkyl halides is 3. The van der Waals surface area contributed by atoms with Crippen LogP contribution in [0.4, 0.5) is 0 Å². The Morgan fingerprint density at radius 1 is 1.07 bits per heavy atom. The number of nitrogens with zero attached hydrogens (tertiary/aromatic N) is 2. The number of methoxy groups -OCH3 is 1. The molecule has 0 unspecified atom stereocenters. The van der Waals surface area contributed by atoms with Crippen LogP contribution in [0.1, 0.15) is 56.4 Å². The fourth-order valence-electron chi connectivity index (χ4n) is 7.77. The lowest BCUT2D eigenvalue weighted by molar-refractivity contribution is -0.144. The molecule has 0 radical (unpaired) electrons. The molecule has 0 bridgehead atoms. The summed E-state index contributed by atoms with van der Waals surface area (Å²) in [6.45, 7) is 0. The van der Waals surface area contributed by atoms with Crippen LogP contribution in [0.3, 0.4) is 0 Å². The Bertz CT molecular complexity index is 1370. The van der Waals surface area contributed by atoms with Gasteiger partial charge in [-0.15, -0.1) is 23.2 Å². The van der Waals surface area contributed by atoms with Gasteiger partial charge in [-0.3, -0.25) is 29.0 Å². The van der Waals surface area contributed by atoms with Crippen LogP contribution in [-0.4, -0.2) is 66.9 Å². The second-order valence-electron chi connectivity index (χ2n) is 11.4. The van der Waals surface area contributed by atoms with Gasteiger partial charge in [0.2, 0.25) is 11.8 Å². The fourth-order valence-corrected chi connectivity index (χ4v) is 9.82. The number of allylic oxidation sites excluding steroid dienone is 2. The van der Waals surface area contributed by atoms with Crippen LogP contribution in [0.5, 0.6) is 11.5 Å². The van der Waals surface area contributed by atoms with E-state index < -0.39 is 45.2 Å². The molecule has 6 atom stereocenters. The highest BCUT2D eigenvalue weighted by atomic mass is 127. The summed E-state index contributed by atoms with van der Waals surface area (Å²) in [5.74, 6) is -4.20. The SMILES string of the molecule is COc1cc([C@H]2C3=CC[C@@H]4C(=O)N(C5CCCCC5)C(=O)[C@@H]4[C@@H]3C[C@@]3(Cl)C(=O)N(CBr)C(=O)[C@@]23Cl)cc(I)c1O. The van der Waals surface area contributed by atoms with Gasteiger partial charge in [-0.1, -0.05) is 46.8 Å². The predicted molar refractivity (Wildman–Crippen MR) is 159 cm³/mol. The molecule has 2 heterocycles. The van der Waals surface area contributed by atoms with Crippen molar-refractivity contribution in [3.63, 3.8) is 0 Å². The highest BCUT2D eigenvalue weighted by molar-refractivity contribution is 14.1. The van der Waals surface area contributed by atoms with Crippen LogP contribution in [-0.2, 0) is 19.2 Å². The number of phenols is 1. The van der Waals surface area contributed by atoms with E-state index in [2.05, 4.69) is 15.9 Å². The maximum atomic E-state index is 14.1. The third-order valence-electron chi connectivity index (χ3n) is 9.59. The standard InChI is InChI=1S/C28H28BrCl2IN2O6/c1-40-19-10-13(9-18(32)22(19)35)21-15-7-8-16-20(24(37)34(23(16)36)14-5-3-2-4-6-14)17(15)11-27(30)25(38)33(12-29)26(39)28(21,27)31/h7,9-10,14,16-17,20-21,35H,2-6,8,11-12H2,1H3/t16-,17+,20-,21-,27+,28-/m0/s1. The van der Waals surface area contributed by atoms with Crippen molar-refractivity contribution in [2.75, 3.05) is 12.6 Å². The molecule has 1 N–H and O–H groups in total. The van der Waals surface area contributed by atoms with E-state index in [1.165, 1.54) is 12.0 Å². The van der Waals surface area contributed by atoms with Crippen molar-refractivity contribution >= 4 is 85.4 Å². The number of aromatic hydroxyl groups is 1. The Hall–Kier alpha value is -1.37. The molecular formula is C28H28BrCl2IN2O6. The Kier molecular flexibility index (Phi) is 7.27. The number of benzene rings is 1. The van der Waals surface area contributed by atoms with Crippen molar-refractivity contribution < 1.29 is 29.0 Å². The van der Waals surface area contributed by atoms with Crippen molar-refractivity contribution in [1.82, 2.24) is 9.80 Å². The number of hydrogen-bond acceptors (Lipinski definition) is 6. The van der Waals surface area contributed by atoms with Gasteiger partial charge in [0.1, 0.15) is 0 Å². The Morgan fingerprint density at radius 3 is 2.42 bits per heavy atom. The largest absolute Gasteiger partial charge is 0.504 e. The van der Waals surface area contributed by atoms with Crippen LogP contribution in [0.25, 0.3) is 0 Å². The maximum absolute atomic E-state index is 14.1. The van der Waals surface area contributed by atoms with Gasteiger partial charge in [-0.25, -0.2) is 0 Å². The molecule has 6 rings (SSSR count). The third kappa shape index (κ3) is 3.73. The molecule has 1 aromatic rings. The quantitative estimate of drug-likeness (QED) is 0.152. The number of carbonyl (C=O) groups excluding carboxylic acids is 4. The molecule has 4 fully saturated rings. The highest BCUT2D eigenvalue weighted by Crippen LogP contribution is 2.66. The molecule has 0 spiro atoms. The first kappa shape index (κ1) is 28.7. The number of ether oxygens (including phenoxy) is 1. The monoisotopic (exact) mass is 764 g/mol. The van der Waals surface area contributed by atoms with Crippen LogP contribution >= 0.6 is 61.7 Å². The minimum Gasteiger partial charge on any atom is -0.504 e. The molecule has 2 saturated carbocycles.